The molecule has 0 radical (unpaired) electrons. The summed E-state index contributed by atoms with van der Waals surface area (Å²) in [6.45, 7) is 0. The van der Waals surface area contributed by atoms with E-state index in [1.165, 1.54) is 11.3 Å². The van der Waals surface area contributed by atoms with Crippen LogP contribution in [0, 0.1) is 0 Å². The van der Waals surface area contributed by atoms with Crippen LogP contribution in [0.1, 0.15) is 22.8 Å². The van der Waals surface area contributed by atoms with Gasteiger partial charge in [-0.2, -0.15) is 4.98 Å². The Hall–Kier alpha value is -2.35. The first-order valence-corrected chi connectivity index (χ1v) is 6.27. The molecule has 6 N–H and O–H groups in total. The number of nitrogens with two attached hydrogens (primary N) is 2. The van der Waals surface area contributed by atoms with Gasteiger partial charge in [0.1, 0.15) is 0 Å². The van der Waals surface area contributed by atoms with Gasteiger partial charge >= 0.3 is 0 Å². The zero-order chi connectivity index (χ0) is 14.0. The van der Waals surface area contributed by atoms with Crippen LogP contribution in [0.15, 0.2) is 22.3 Å². The van der Waals surface area contributed by atoms with Crippen LogP contribution in [0.25, 0.3) is 0 Å². The van der Waals surface area contributed by atoms with Crippen molar-refractivity contribution in [3.05, 3.63) is 38.3 Å². The Morgan fingerprint density at radius 2 is 2.32 bits per heavy atom. The molecule has 1 atom stereocenters. The number of aromatic nitrogens is 2. The summed E-state index contributed by atoms with van der Waals surface area (Å²) in [5, 5.41) is 11.6. The Labute approximate surface area is 111 Å². The number of thiophene rings is 1. The fourth-order valence-corrected chi connectivity index (χ4v) is 2.67. The predicted molar refractivity (Wildman–Crippen MR) is 70.9 cm³/mol. The van der Waals surface area contributed by atoms with E-state index in [0.29, 0.717) is 0 Å². The fourth-order valence-electron chi connectivity index (χ4n) is 1.84. The molecule has 8 heteroatoms. The average molecular weight is 280 g/mol. The molecule has 2 heterocycles. The van der Waals surface area contributed by atoms with Crippen LogP contribution >= 0.6 is 11.3 Å². The standard InChI is InChI=1S/C11H12N4O3S/c12-7(16)4-5(6-2-1-3-19-6)8-9(17)14-11(13)15-10(8)18/h1-3,5H,4H2,(H2,12,16)(H4,13,14,15,17,18). The molecule has 100 valence electrons. The quantitative estimate of drug-likeness (QED) is 0.631. The third kappa shape index (κ3) is 2.74. The Morgan fingerprint density at radius 1 is 1.58 bits per heavy atom. The molecule has 2 aromatic heterocycles. The minimum atomic E-state index is -0.630. The number of primary amides is 1. The number of hydrogen-bond acceptors (Lipinski definition) is 6. The van der Waals surface area contributed by atoms with Crippen LogP contribution in [0.2, 0.25) is 0 Å². The molecule has 0 saturated carbocycles. The largest absolute Gasteiger partial charge is 0.493 e. The topological polar surface area (TPSA) is 135 Å². The molecular weight excluding hydrogens is 268 g/mol. The van der Waals surface area contributed by atoms with Gasteiger partial charge in [0.2, 0.25) is 17.7 Å². The molecule has 0 aliphatic rings. The van der Waals surface area contributed by atoms with Gasteiger partial charge in [-0.1, -0.05) is 6.07 Å². The van der Waals surface area contributed by atoms with Crippen molar-refractivity contribution in [1.82, 2.24) is 9.97 Å². The molecule has 0 aliphatic heterocycles. The monoisotopic (exact) mass is 280 g/mol. The van der Waals surface area contributed by atoms with E-state index in [0.717, 1.165) is 4.88 Å². The number of hydrogen-bond donors (Lipinski definition) is 4. The van der Waals surface area contributed by atoms with Crippen LogP contribution < -0.4 is 17.0 Å². The van der Waals surface area contributed by atoms with Gasteiger partial charge in [-0.15, -0.1) is 11.3 Å². The van der Waals surface area contributed by atoms with Gasteiger partial charge in [-0.05, 0) is 11.4 Å². The molecule has 0 saturated heterocycles. The van der Waals surface area contributed by atoms with Crippen LogP contribution in [0.4, 0.5) is 5.95 Å². The van der Waals surface area contributed by atoms with E-state index in [4.69, 9.17) is 11.5 Å². The first kappa shape index (κ1) is 13.1. The number of nitrogen functional groups attached to an aromatic ring is 1. The zero-order valence-corrected chi connectivity index (χ0v) is 10.6. The first-order valence-electron chi connectivity index (χ1n) is 5.39. The van der Waals surface area contributed by atoms with Crippen molar-refractivity contribution >= 4 is 23.2 Å². The summed E-state index contributed by atoms with van der Waals surface area (Å²) in [5.41, 5.74) is 9.94. The number of carbonyl (C=O) groups is 1. The SMILES string of the molecule is NC(=O)CC(c1cccs1)c1c(O)nc(N)[nH]c1=O. The Morgan fingerprint density at radius 3 is 2.84 bits per heavy atom. The number of nitrogens with zero attached hydrogens (tertiary/aromatic N) is 1. The van der Waals surface area contributed by atoms with Gasteiger partial charge in [0.25, 0.3) is 5.56 Å². The van der Waals surface area contributed by atoms with Crippen molar-refractivity contribution in [3.63, 3.8) is 0 Å². The van der Waals surface area contributed by atoms with Gasteiger partial charge in [0.15, 0.2) is 0 Å². The van der Waals surface area contributed by atoms with Crippen LogP contribution in [-0.2, 0) is 4.79 Å². The minimum Gasteiger partial charge on any atom is -0.493 e. The summed E-state index contributed by atoms with van der Waals surface area (Å²) in [6.07, 6.45) is -0.0945. The zero-order valence-electron chi connectivity index (χ0n) is 9.79. The van der Waals surface area contributed by atoms with E-state index in [9.17, 15) is 14.7 Å². The lowest BCUT2D eigenvalue weighted by Crippen LogP contribution is -2.23. The van der Waals surface area contributed by atoms with Gasteiger partial charge in [0.05, 0.1) is 5.56 Å². The van der Waals surface area contributed by atoms with E-state index in [2.05, 4.69) is 9.97 Å². The highest BCUT2D eigenvalue weighted by Gasteiger charge is 2.25. The van der Waals surface area contributed by atoms with Gasteiger partial charge in [0, 0.05) is 17.2 Å². The average Bonchev–Trinajstić information content (AvgIpc) is 2.78. The van der Waals surface area contributed by atoms with Crippen LogP contribution in [-0.4, -0.2) is 21.0 Å². The maximum Gasteiger partial charge on any atom is 0.260 e. The molecule has 19 heavy (non-hydrogen) atoms. The molecular formula is C11H12N4O3S. The van der Waals surface area contributed by atoms with Crippen molar-refractivity contribution in [1.29, 1.82) is 0 Å². The highest BCUT2D eigenvalue weighted by molar-refractivity contribution is 7.10. The second kappa shape index (κ2) is 5.11. The lowest BCUT2D eigenvalue weighted by Gasteiger charge is -2.14. The summed E-state index contributed by atoms with van der Waals surface area (Å²) >= 11 is 1.36. The van der Waals surface area contributed by atoms with E-state index in [1.54, 1.807) is 17.5 Å². The number of amides is 1. The molecule has 0 aliphatic carbocycles. The summed E-state index contributed by atoms with van der Waals surface area (Å²) < 4.78 is 0. The third-order valence-corrected chi connectivity index (χ3v) is 3.58. The van der Waals surface area contributed by atoms with Crippen molar-refractivity contribution in [2.24, 2.45) is 5.73 Å². The third-order valence-electron chi connectivity index (χ3n) is 2.59. The van der Waals surface area contributed by atoms with Gasteiger partial charge in [-0.25, -0.2) is 0 Å². The van der Waals surface area contributed by atoms with E-state index in [-0.39, 0.29) is 17.9 Å². The molecule has 0 aromatic carbocycles. The Balaban J connectivity index is 2.56. The lowest BCUT2D eigenvalue weighted by atomic mass is 9.95. The molecule has 2 rings (SSSR count). The highest BCUT2D eigenvalue weighted by atomic mass is 32.1. The molecule has 0 bridgehead atoms. The van der Waals surface area contributed by atoms with Crippen LogP contribution in [0.5, 0.6) is 5.88 Å². The number of anilines is 1. The lowest BCUT2D eigenvalue weighted by molar-refractivity contribution is -0.118. The number of carbonyl (C=O) groups excluding carboxylic acids is 1. The number of aromatic amines is 1. The maximum absolute atomic E-state index is 11.9. The number of H-pyrrole nitrogens is 1. The van der Waals surface area contributed by atoms with Crippen LogP contribution in [0.3, 0.4) is 0 Å². The van der Waals surface area contributed by atoms with Crippen molar-refractivity contribution in [3.8, 4) is 5.88 Å². The molecule has 1 unspecified atom stereocenters. The molecule has 0 spiro atoms. The minimum absolute atomic E-state index is 0.00421. The van der Waals surface area contributed by atoms with E-state index in [1.807, 2.05) is 0 Å². The summed E-state index contributed by atoms with van der Waals surface area (Å²) in [7, 11) is 0. The second-order valence-electron chi connectivity index (χ2n) is 3.93. The van der Waals surface area contributed by atoms with Crippen molar-refractivity contribution in [2.45, 2.75) is 12.3 Å². The van der Waals surface area contributed by atoms with E-state index < -0.39 is 23.3 Å². The molecule has 2 aromatic rings. The summed E-state index contributed by atoms with van der Waals surface area (Å²) in [4.78, 5) is 29.7. The second-order valence-corrected chi connectivity index (χ2v) is 4.91. The predicted octanol–water partition coefficient (Wildman–Crippen LogP) is 0.127. The van der Waals surface area contributed by atoms with E-state index >= 15 is 0 Å². The molecule has 0 fully saturated rings. The summed E-state index contributed by atoms with van der Waals surface area (Å²) in [5.74, 6) is -1.88. The van der Waals surface area contributed by atoms with Gasteiger partial charge in [-0.3, -0.25) is 14.6 Å². The highest BCUT2D eigenvalue weighted by Crippen LogP contribution is 2.32. The number of rotatable bonds is 4. The Kier molecular flexibility index (Phi) is 3.52. The fraction of sp³-hybridized carbons (Fsp3) is 0.182. The first-order chi connectivity index (χ1) is 8.99. The Bertz CT molecular complexity index is 650. The van der Waals surface area contributed by atoms with Gasteiger partial charge < -0.3 is 16.6 Å². The number of nitrogens with one attached hydrogen (secondary N) is 1. The smallest absolute Gasteiger partial charge is 0.260 e. The molecule has 7 nitrogen and oxygen atoms in total. The molecule has 1 amide bonds. The van der Waals surface area contributed by atoms with Crippen molar-refractivity contribution in [2.75, 3.05) is 5.73 Å². The number of aromatic hydroxyl groups is 1. The maximum atomic E-state index is 11.9. The van der Waals surface area contributed by atoms with Crippen molar-refractivity contribution < 1.29 is 9.90 Å². The summed E-state index contributed by atoms with van der Waals surface area (Å²) in [6, 6.07) is 3.54. The normalized spacial score (nSPS) is 12.2.